The highest BCUT2D eigenvalue weighted by atomic mass is 14.2. The number of hydrogen-bond acceptors (Lipinski definition) is 0. The van der Waals surface area contributed by atoms with Crippen molar-refractivity contribution in [2.24, 2.45) is 0 Å². The minimum absolute atomic E-state index is 1.19. The molecule has 0 amide bonds. The molecule has 0 aromatic heterocycles. The predicted octanol–water partition coefficient (Wildman–Crippen LogP) is 5.24. The van der Waals surface area contributed by atoms with Crippen LogP contribution in [0.25, 0.3) is 32.3 Å². The number of benzene rings is 4. The Balaban J connectivity index is 2.20. The van der Waals surface area contributed by atoms with Crippen LogP contribution in [0.4, 0.5) is 0 Å². The monoisotopic (exact) mass is 254 g/mol. The summed E-state index contributed by atoms with van der Waals surface area (Å²) < 4.78 is 0. The van der Waals surface area contributed by atoms with Crippen LogP contribution in [0.15, 0.2) is 60.7 Å². The van der Waals surface area contributed by atoms with Gasteiger partial charge in [0.2, 0.25) is 0 Å². The fraction of sp³-hybridized carbons (Fsp3) is 0.100. The van der Waals surface area contributed by atoms with Gasteiger partial charge in [0.25, 0.3) is 0 Å². The van der Waals surface area contributed by atoms with E-state index >= 15 is 0 Å². The van der Waals surface area contributed by atoms with E-state index in [1.807, 2.05) is 0 Å². The quantitative estimate of drug-likeness (QED) is 0.376. The van der Waals surface area contributed by atoms with Crippen molar-refractivity contribution in [3.63, 3.8) is 0 Å². The third-order valence-corrected chi connectivity index (χ3v) is 4.68. The van der Waals surface area contributed by atoms with Gasteiger partial charge in [0.1, 0.15) is 0 Å². The summed E-state index contributed by atoms with van der Waals surface area (Å²) in [6.45, 7) is 0. The molecule has 0 atom stereocenters. The largest absolute Gasteiger partial charge is 0.0616 e. The average molecular weight is 254 g/mol. The zero-order valence-corrected chi connectivity index (χ0v) is 11.2. The maximum atomic E-state index is 2.39. The topological polar surface area (TPSA) is 0 Å². The van der Waals surface area contributed by atoms with Gasteiger partial charge < -0.3 is 0 Å². The molecule has 94 valence electrons. The molecule has 5 rings (SSSR count). The van der Waals surface area contributed by atoms with Crippen LogP contribution in [0.1, 0.15) is 11.1 Å². The fourth-order valence-corrected chi connectivity index (χ4v) is 3.83. The molecule has 0 fully saturated rings. The third-order valence-electron chi connectivity index (χ3n) is 4.68. The van der Waals surface area contributed by atoms with E-state index in [1.54, 1.807) is 0 Å². The van der Waals surface area contributed by atoms with Crippen molar-refractivity contribution in [1.82, 2.24) is 0 Å². The van der Waals surface area contributed by atoms with Gasteiger partial charge in [0.05, 0.1) is 0 Å². The van der Waals surface area contributed by atoms with Crippen LogP contribution in [-0.2, 0) is 12.8 Å². The van der Waals surface area contributed by atoms with E-state index in [4.69, 9.17) is 0 Å². The van der Waals surface area contributed by atoms with Gasteiger partial charge in [0.15, 0.2) is 0 Å². The number of fused-ring (bicyclic) bond motifs is 4. The van der Waals surface area contributed by atoms with Gasteiger partial charge >= 0.3 is 0 Å². The van der Waals surface area contributed by atoms with Crippen molar-refractivity contribution in [3.05, 3.63) is 71.8 Å². The molecule has 4 aromatic rings. The molecule has 0 unspecified atom stereocenters. The Hall–Kier alpha value is -2.34. The summed E-state index contributed by atoms with van der Waals surface area (Å²) in [5, 5.41) is 8.52. The highest BCUT2D eigenvalue weighted by Crippen LogP contribution is 2.40. The van der Waals surface area contributed by atoms with Crippen LogP contribution < -0.4 is 0 Å². The Morgan fingerprint density at radius 2 is 1.05 bits per heavy atom. The molecule has 1 aliphatic rings. The first kappa shape index (κ1) is 10.4. The molecule has 0 N–H and O–H groups in total. The Bertz CT molecular complexity index is 914. The van der Waals surface area contributed by atoms with E-state index in [0.717, 1.165) is 0 Å². The average Bonchev–Trinajstić information content (AvgIpc) is 2.90. The van der Waals surface area contributed by atoms with E-state index in [-0.39, 0.29) is 0 Å². The Kier molecular flexibility index (Phi) is 1.88. The number of aryl methyl sites for hydroxylation is 2. The van der Waals surface area contributed by atoms with Gasteiger partial charge in [-0.05, 0) is 56.3 Å². The Labute approximate surface area is 117 Å². The van der Waals surface area contributed by atoms with Gasteiger partial charge in [-0.3, -0.25) is 0 Å². The zero-order valence-electron chi connectivity index (χ0n) is 11.2. The van der Waals surface area contributed by atoms with Crippen molar-refractivity contribution in [3.8, 4) is 0 Å². The molecular weight excluding hydrogens is 240 g/mol. The third kappa shape index (κ3) is 1.21. The summed E-state index contributed by atoms with van der Waals surface area (Å²) in [4.78, 5) is 0. The lowest BCUT2D eigenvalue weighted by Gasteiger charge is -2.11. The summed E-state index contributed by atoms with van der Waals surface area (Å²) in [6.07, 6.45) is 2.37. The SMILES string of the molecule is c1ccc2c(c1)cc1c3c(cc4ccccc4c32)CC1. The van der Waals surface area contributed by atoms with Crippen molar-refractivity contribution >= 4 is 32.3 Å². The summed E-state index contributed by atoms with van der Waals surface area (Å²) in [6, 6.07) is 22.4. The van der Waals surface area contributed by atoms with Gasteiger partial charge in [-0.2, -0.15) is 0 Å². The van der Waals surface area contributed by atoms with E-state index in [2.05, 4.69) is 60.7 Å². The maximum Gasteiger partial charge on any atom is -0.00213 e. The van der Waals surface area contributed by atoms with Crippen molar-refractivity contribution < 1.29 is 0 Å². The second-order valence-electron chi connectivity index (χ2n) is 5.76. The first-order chi connectivity index (χ1) is 9.92. The van der Waals surface area contributed by atoms with Crippen LogP contribution in [-0.4, -0.2) is 0 Å². The smallest absolute Gasteiger partial charge is 0.00213 e. The highest BCUT2D eigenvalue weighted by Gasteiger charge is 2.18. The maximum absolute atomic E-state index is 2.39. The molecule has 0 saturated heterocycles. The van der Waals surface area contributed by atoms with E-state index in [1.165, 1.54) is 56.3 Å². The molecule has 0 saturated carbocycles. The molecule has 0 heteroatoms. The standard InChI is InChI=1S/C20H14/c1-3-7-17-13(5-1)11-15-9-10-16-12-14-6-2-4-8-18(14)20(17)19(15)16/h1-8,11-12H,9-10H2. The highest BCUT2D eigenvalue weighted by molar-refractivity contribution is 6.22. The van der Waals surface area contributed by atoms with E-state index in [9.17, 15) is 0 Å². The summed E-state index contributed by atoms with van der Waals surface area (Å²) in [5.74, 6) is 0. The van der Waals surface area contributed by atoms with Crippen LogP contribution in [0.2, 0.25) is 0 Å². The molecular formula is C20H14. The Morgan fingerprint density at radius 3 is 1.60 bits per heavy atom. The van der Waals surface area contributed by atoms with Gasteiger partial charge in [-0.25, -0.2) is 0 Å². The van der Waals surface area contributed by atoms with E-state index in [0.29, 0.717) is 0 Å². The van der Waals surface area contributed by atoms with Crippen molar-refractivity contribution in [2.75, 3.05) is 0 Å². The lowest BCUT2D eigenvalue weighted by atomic mass is 9.93. The van der Waals surface area contributed by atoms with Gasteiger partial charge in [-0.1, -0.05) is 60.7 Å². The normalized spacial score (nSPS) is 13.6. The molecule has 0 radical (unpaired) electrons. The second kappa shape index (κ2) is 3.61. The van der Waals surface area contributed by atoms with Gasteiger partial charge in [0, 0.05) is 0 Å². The molecule has 0 heterocycles. The van der Waals surface area contributed by atoms with Crippen LogP contribution >= 0.6 is 0 Å². The second-order valence-corrected chi connectivity index (χ2v) is 5.76. The lowest BCUT2D eigenvalue weighted by Crippen LogP contribution is -1.85. The summed E-state index contributed by atoms with van der Waals surface area (Å²) >= 11 is 0. The fourth-order valence-electron chi connectivity index (χ4n) is 3.83. The molecule has 20 heavy (non-hydrogen) atoms. The molecule has 4 aromatic carbocycles. The van der Waals surface area contributed by atoms with Crippen LogP contribution in [0, 0.1) is 0 Å². The molecule has 0 aliphatic heterocycles. The van der Waals surface area contributed by atoms with Gasteiger partial charge in [-0.15, -0.1) is 0 Å². The number of rotatable bonds is 0. The molecule has 0 spiro atoms. The molecule has 0 nitrogen and oxygen atoms in total. The van der Waals surface area contributed by atoms with E-state index < -0.39 is 0 Å². The first-order valence-corrected chi connectivity index (χ1v) is 7.27. The van der Waals surface area contributed by atoms with Crippen molar-refractivity contribution in [1.29, 1.82) is 0 Å². The minimum atomic E-state index is 1.19. The zero-order chi connectivity index (χ0) is 13.1. The van der Waals surface area contributed by atoms with Crippen LogP contribution in [0.3, 0.4) is 0 Å². The molecule has 0 bridgehead atoms. The number of hydrogen-bond donors (Lipinski definition) is 0. The van der Waals surface area contributed by atoms with Crippen molar-refractivity contribution in [2.45, 2.75) is 12.8 Å². The lowest BCUT2D eigenvalue weighted by molar-refractivity contribution is 1.03. The predicted molar refractivity (Wildman–Crippen MR) is 86.4 cm³/mol. The molecule has 1 aliphatic carbocycles. The minimum Gasteiger partial charge on any atom is -0.0616 e. The summed E-state index contributed by atoms with van der Waals surface area (Å²) in [5.41, 5.74) is 3.05. The Morgan fingerprint density at radius 1 is 0.550 bits per heavy atom. The first-order valence-electron chi connectivity index (χ1n) is 7.27. The summed E-state index contributed by atoms with van der Waals surface area (Å²) in [7, 11) is 0. The van der Waals surface area contributed by atoms with Crippen LogP contribution in [0.5, 0.6) is 0 Å².